The zero-order valence-corrected chi connectivity index (χ0v) is 17.2. The number of amides is 1. The molecule has 2 aromatic carbocycles. The highest BCUT2D eigenvalue weighted by atomic mass is 16.6. The second-order valence-electron chi connectivity index (χ2n) is 7.34. The Morgan fingerprint density at radius 1 is 1.22 bits per heavy atom. The van der Waals surface area contributed by atoms with Crippen LogP contribution in [0.4, 0.5) is 5.69 Å². The predicted octanol–water partition coefficient (Wildman–Crippen LogP) is 3.96. The highest BCUT2D eigenvalue weighted by molar-refractivity contribution is 6.16. The van der Waals surface area contributed by atoms with Crippen LogP contribution < -0.4 is 0 Å². The monoisotopic (exact) mass is 436 g/mol. The number of carbonyl (C=O) groups excluding carboxylic acids is 2. The van der Waals surface area contributed by atoms with Crippen molar-refractivity contribution in [2.45, 2.75) is 12.5 Å². The topological polar surface area (TPSA) is 123 Å². The molecule has 0 bridgehead atoms. The van der Waals surface area contributed by atoms with E-state index >= 15 is 0 Å². The van der Waals surface area contributed by atoms with E-state index in [-0.39, 0.29) is 23.6 Å². The van der Waals surface area contributed by atoms with Crippen LogP contribution in [-0.2, 0) is 9.53 Å². The second kappa shape index (κ2) is 8.64. The van der Waals surface area contributed by atoms with Crippen molar-refractivity contribution < 1.29 is 28.8 Å². The summed E-state index contributed by atoms with van der Waals surface area (Å²) in [6, 6.07) is 13.3. The summed E-state index contributed by atoms with van der Waals surface area (Å²) in [7, 11) is 1.53. The maximum absolute atomic E-state index is 13.4. The van der Waals surface area contributed by atoms with Crippen LogP contribution in [0.1, 0.15) is 28.6 Å². The lowest BCUT2D eigenvalue weighted by Gasteiger charge is -2.26. The van der Waals surface area contributed by atoms with Crippen LogP contribution in [0.5, 0.6) is 0 Å². The van der Waals surface area contributed by atoms with E-state index in [0.29, 0.717) is 29.6 Å². The van der Waals surface area contributed by atoms with Crippen molar-refractivity contribution in [1.82, 2.24) is 4.90 Å². The Morgan fingerprint density at radius 3 is 2.59 bits per heavy atom. The SMILES string of the molecule is COCCCN1C(=O)C(O)=C(C(=O)c2cc3ccccc3o2)C1c1ccc([N+](=O)[O-])cc1. The fourth-order valence-corrected chi connectivity index (χ4v) is 3.85. The molecule has 1 aromatic heterocycles. The molecule has 2 heterocycles. The molecular weight excluding hydrogens is 416 g/mol. The predicted molar refractivity (Wildman–Crippen MR) is 114 cm³/mol. The van der Waals surface area contributed by atoms with Crippen LogP contribution >= 0.6 is 0 Å². The molecule has 1 unspecified atom stereocenters. The van der Waals surface area contributed by atoms with Gasteiger partial charge in [-0.3, -0.25) is 19.7 Å². The maximum atomic E-state index is 13.4. The van der Waals surface area contributed by atoms with Crippen molar-refractivity contribution in [2.75, 3.05) is 20.3 Å². The quantitative estimate of drug-likeness (QED) is 0.245. The smallest absolute Gasteiger partial charge is 0.290 e. The van der Waals surface area contributed by atoms with Gasteiger partial charge in [-0.05, 0) is 36.2 Å². The van der Waals surface area contributed by atoms with Crippen molar-refractivity contribution in [3.8, 4) is 0 Å². The minimum Gasteiger partial charge on any atom is -0.503 e. The van der Waals surface area contributed by atoms with E-state index in [1.165, 1.54) is 36.3 Å². The Balaban J connectivity index is 1.76. The number of nitro benzene ring substituents is 1. The lowest BCUT2D eigenvalue weighted by atomic mass is 9.94. The molecule has 32 heavy (non-hydrogen) atoms. The standard InChI is InChI=1S/C23H20N2O7/c1-31-12-4-11-24-20(14-7-9-16(10-8-14)25(29)30)19(22(27)23(24)28)21(26)18-13-15-5-2-3-6-17(15)32-18/h2-3,5-10,13,20,27H,4,11-12H2,1H3. The van der Waals surface area contributed by atoms with Gasteiger partial charge in [0.2, 0.25) is 5.78 Å². The molecule has 1 N–H and O–H groups in total. The number of ketones is 1. The number of para-hydroxylation sites is 1. The van der Waals surface area contributed by atoms with Gasteiger partial charge < -0.3 is 19.2 Å². The lowest BCUT2D eigenvalue weighted by molar-refractivity contribution is -0.384. The Hall–Kier alpha value is -3.98. The lowest BCUT2D eigenvalue weighted by Crippen LogP contribution is -2.32. The summed E-state index contributed by atoms with van der Waals surface area (Å²) in [6.45, 7) is 0.597. The molecule has 3 aromatic rings. The van der Waals surface area contributed by atoms with E-state index in [9.17, 15) is 24.8 Å². The molecule has 0 fully saturated rings. The second-order valence-corrected chi connectivity index (χ2v) is 7.34. The van der Waals surface area contributed by atoms with E-state index in [1.54, 1.807) is 30.3 Å². The van der Waals surface area contributed by atoms with Gasteiger partial charge in [0.05, 0.1) is 16.5 Å². The van der Waals surface area contributed by atoms with Crippen molar-refractivity contribution in [3.63, 3.8) is 0 Å². The van der Waals surface area contributed by atoms with Crippen LogP contribution in [0.25, 0.3) is 11.0 Å². The molecule has 1 atom stereocenters. The number of methoxy groups -OCH3 is 1. The fourth-order valence-electron chi connectivity index (χ4n) is 3.85. The van der Waals surface area contributed by atoms with E-state index in [0.717, 1.165) is 0 Å². The third-order valence-electron chi connectivity index (χ3n) is 5.36. The minimum absolute atomic E-state index is 0.00815. The molecule has 1 aliphatic rings. The van der Waals surface area contributed by atoms with Gasteiger partial charge >= 0.3 is 0 Å². The molecule has 4 rings (SSSR count). The van der Waals surface area contributed by atoms with Gasteiger partial charge in [0, 0.05) is 37.8 Å². The third kappa shape index (κ3) is 3.74. The van der Waals surface area contributed by atoms with Crippen molar-refractivity contribution in [2.24, 2.45) is 0 Å². The number of Topliss-reactive ketones (excluding diaryl/α,β-unsaturated/α-hetero) is 1. The zero-order chi connectivity index (χ0) is 22.8. The van der Waals surface area contributed by atoms with Gasteiger partial charge in [0.1, 0.15) is 5.58 Å². The minimum atomic E-state index is -0.916. The van der Waals surface area contributed by atoms with E-state index in [4.69, 9.17) is 9.15 Å². The molecule has 0 saturated heterocycles. The molecule has 9 nitrogen and oxygen atoms in total. The first-order chi connectivity index (χ1) is 15.4. The summed E-state index contributed by atoms with van der Waals surface area (Å²) < 4.78 is 10.7. The molecule has 0 radical (unpaired) electrons. The number of aliphatic hydroxyl groups excluding tert-OH is 1. The molecular formula is C23H20N2O7. The molecule has 9 heteroatoms. The number of non-ortho nitro benzene ring substituents is 1. The fraction of sp³-hybridized carbons (Fsp3) is 0.217. The summed E-state index contributed by atoms with van der Waals surface area (Å²) >= 11 is 0. The number of carbonyl (C=O) groups is 2. The van der Waals surface area contributed by atoms with E-state index < -0.39 is 28.4 Å². The molecule has 0 aliphatic carbocycles. The normalized spacial score (nSPS) is 16.2. The van der Waals surface area contributed by atoms with Gasteiger partial charge in [0.15, 0.2) is 11.5 Å². The van der Waals surface area contributed by atoms with Gasteiger partial charge in [0.25, 0.3) is 11.6 Å². The average molecular weight is 436 g/mol. The number of nitrogens with zero attached hydrogens (tertiary/aromatic N) is 2. The van der Waals surface area contributed by atoms with Crippen LogP contribution in [0.2, 0.25) is 0 Å². The zero-order valence-electron chi connectivity index (χ0n) is 17.2. The Morgan fingerprint density at radius 2 is 1.94 bits per heavy atom. The van der Waals surface area contributed by atoms with Crippen LogP contribution in [-0.4, -0.2) is 46.9 Å². The third-order valence-corrected chi connectivity index (χ3v) is 5.36. The number of nitro groups is 1. The number of hydrogen-bond acceptors (Lipinski definition) is 7. The number of aliphatic hydroxyl groups is 1. The average Bonchev–Trinajstić information content (AvgIpc) is 3.33. The summed E-state index contributed by atoms with van der Waals surface area (Å²) in [5.41, 5.74) is 0.719. The van der Waals surface area contributed by atoms with Crippen molar-refractivity contribution >= 4 is 28.3 Å². The van der Waals surface area contributed by atoms with E-state index in [1.807, 2.05) is 0 Å². The molecule has 0 saturated carbocycles. The highest BCUT2D eigenvalue weighted by Crippen LogP contribution is 2.40. The summed E-state index contributed by atoms with van der Waals surface area (Å²) in [5.74, 6) is -1.98. The Bertz CT molecular complexity index is 1190. The van der Waals surface area contributed by atoms with Crippen LogP contribution in [0.3, 0.4) is 0 Å². The van der Waals surface area contributed by atoms with Crippen molar-refractivity contribution in [1.29, 1.82) is 0 Å². The highest BCUT2D eigenvalue weighted by Gasteiger charge is 2.44. The number of benzene rings is 2. The largest absolute Gasteiger partial charge is 0.503 e. The van der Waals surface area contributed by atoms with Gasteiger partial charge in [-0.2, -0.15) is 0 Å². The van der Waals surface area contributed by atoms with Gasteiger partial charge in [-0.1, -0.05) is 18.2 Å². The van der Waals surface area contributed by atoms with E-state index in [2.05, 4.69) is 0 Å². The summed E-state index contributed by atoms with van der Waals surface area (Å²) in [6.07, 6.45) is 0.477. The van der Waals surface area contributed by atoms with Gasteiger partial charge in [-0.25, -0.2) is 0 Å². The Labute approximate surface area is 182 Å². The summed E-state index contributed by atoms with van der Waals surface area (Å²) in [5, 5.41) is 22.4. The number of fused-ring (bicyclic) bond motifs is 1. The first-order valence-electron chi connectivity index (χ1n) is 9.93. The number of ether oxygens (including phenoxy) is 1. The van der Waals surface area contributed by atoms with Crippen molar-refractivity contribution in [3.05, 3.63) is 87.4 Å². The molecule has 1 aliphatic heterocycles. The molecule has 0 spiro atoms. The van der Waals surface area contributed by atoms with Crippen LogP contribution in [0, 0.1) is 10.1 Å². The Kier molecular flexibility index (Phi) is 5.74. The maximum Gasteiger partial charge on any atom is 0.290 e. The van der Waals surface area contributed by atoms with Crippen LogP contribution in [0.15, 0.2) is 70.3 Å². The number of rotatable bonds is 8. The molecule has 1 amide bonds. The molecule has 164 valence electrons. The van der Waals surface area contributed by atoms with Gasteiger partial charge in [-0.15, -0.1) is 0 Å². The number of hydrogen-bond donors (Lipinski definition) is 1. The summed E-state index contributed by atoms with van der Waals surface area (Å²) in [4.78, 5) is 38.1. The first kappa shape index (κ1) is 21.3. The number of furan rings is 1. The first-order valence-corrected chi connectivity index (χ1v) is 9.93.